The fraction of sp³-hybridized carbons (Fsp3) is 0.273. The summed E-state index contributed by atoms with van der Waals surface area (Å²) in [6.07, 6.45) is 3.50. The van der Waals surface area contributed by atoms with Crippen LogP contribution in [0.1, 0.15) is 12.5 Å². The number of nitrogens with two attached hydrogens (primary N) is 1. The Hall–Kier alpha value is -1.49. The number of hydrogen-bond donors (Lipinski definition) is 1. The zero-order valence-corrected chi connectivity index (χ0v) is 10.2. The van der Waals surface area contributed by atoms with Crippen LogP contribution >= 0.6 is 11.8 Å². The van der Waals surface area contributed by atoms with Gasteiger partial charge in [0, 0.05) is 0 Å². The van der Waals surface area contributed by atoms with Gasteiger partial charge in [0.2, 0.25) is 0 Å². The van der Waals surface area contributed by atoms with E-state index in [-0.39, 0.29) is 0 Å². The molecule has 0 radical (unpaired) electrons. The highest BCUT2D eigenvalue weighted by molar-refractivity contribution is 8.13. The van der Waals surface area contributed by atoms with Gasteiger partial charge in [-0.1, -0.05) is 23.9 Å². The van der Waals surface area contributed by atoms with Crippen LogP contribution in [0.4, 0.5) is 0 Å². The zero-order chi connectivity index (χ0) is 11.8. The fourth-order valence-corrected chi connectivity index (χ4v) is 1.17. The topological polar surface area (TPSA) is 60.0 Å². The summed E-state index contributed by atoms with van der Waals surface area (Å²) in [4.78, 5) is 0. The van der Waals surface area contributed by atoms with Crippen molar-refractivity contribution in [3.8, 4) is 5.75 Å². The number of amidine groups is 1. The summed E-state index contributed by atoms with van der Waals surface area (Å²) in [5, 5.41) is 8.12. The number of hydrogen-bond acceptors (Lipinski definition) is 4. The summed E-state index contributed by atoms with van der Waals surface area (Å²) in [7, 11) is 0. The first-order valence-electron chi connectivity index (χ1n) is 4.89. The van der Waals surface area contributed by atoms with Crippen molar-refractivity contribution >= 4 is 23.1 Å². The quantitative estimate of drug-likeness (QED) is 0.495. The number of benzene rings is 1. The van der Waals surface area contributed by atoms with E-state index in [1.54, 1.807) is 6.21 Å². The molecule has 0 bridgehead atoms. The third-order valence-corrected chi connectivity index (χ3v) is 2.24. The molecule has 0 aliphatic rings. The van der Waals surface area contributed by atoms with E-state index < -0.39 is 0 Å². The molecule has 2 N–H and O–H groups in total. The number of rotatable bonds is 4. The van der Waals surface area contributed by atoms with E-state index in [1.807, 2.05) is 37.4 Å². The van der Waals surface area contributed by atoms with Crippen molar-refractivity contribution in [3.63, 3.8) is 0 Å². The Bertz CT molecular complexity index is 391. The van der Waals surface area contributed by atoms with Crippen molar-refractivity contribution < 1.29 is 4.74 Å². The Balaban J connectivity index is 2.70. The van der Waals surface area contributed by atoms with E-state index in [1.165, 1.54) is 11.8 Å². The van der Waals surface area contributed by atoms with Crippen molar-refractivity contribution in [2.45, 2.75) is 6.92 Å². The lowest BCUT2D eigenvalue weighted by molar-refractivity contribution is 0.340. The second-order valence-electron chi connectivity index (χ2n) is 2.89. The van der Waals surface area contributed by atoms with Crippen molar-refractivity contribution in [1.82, 2.24) is 0 Å². The van der Waals surface area contributed by atoms with Crippen LogP contribution < -0.4 is 10.5 Å². The highest BCUT2D eigenvalue weighted by Crippen LogP contribution is 2.11. The van der Waals surface area contributed by atoms with Gasteiger partial charge in [-0.05, 0) is 30.9 Å². The first kappa shape index (κ1) is 12.6. The molecule has 0 aliphatic carbocycles. The van der Waals surface area contributed by atoms with E-state index in [0.29, 0.717) is 11.8 Å². The summed E-state index contributed by atoms with van der Waals surface area (Å²) in [6, 6.07) is 7.64. The molecule has 16 heavy (non-hydrogen) atoms. The minimum Gasteiger partial charge on any atom is -0.494 e. The summed E-state index contributed by atoms with van der Waals surface area (Å²) in [6.45, 7) is 2.60. The van der Waals surface area contributed by atoms with Crippen LogP contribution in [0.25, 0.3) is 0 Å². The van der Waals surface area contributed by atoms with Crippen molar-refractivity contribution in [1.29, 1.82) is 0 Å². The maximum Gasteiger partial charge on any atom is 0.180 e. The molecule has 5 heteroatoms. The Morgan fingerprint density at radius 3 is 3.06 bits per heavy atom. The lowest BCUT2D eigenvalue weighted by Crippen LogP contribution is -2.03. The SMILES string of the molecule is CCOc1cccc(/C=N\N=C(/N)SC)c1. The van der Waals surface area contributed by atoms with Crippen molar-refractivity contribution in [2.24, 2.45) is 15.9 Å². The molecular weight excluding hydrogens is 222 g/mol. The third-order valence-electron chi connectivity index (χ3n) is 1.74. The molecular formula is C11H15N3OS. The van der Waals surface area contributed by atoms with Gasteiger partial charge in [-0.2, -0.15) is 5.10 Å². The summed E-state index contributed by atoms with van der Waals surface area (Å²) < 4.78 is 5.37. The van der Waals surface area contributed by atoms with Crippen LogP contribution in [-0.4, -0.2) is 24.2 Å². The summed E-state index contributed by atoms with van der Waals surface area (Å²) in [5.41, 5.74) is 6.42. The largest absolute Gasteiger partial charge is 0.494 e. The molecule has 0 unspecified atom stereocenters. The Morgan fingerprint density at radius 1 is 1.56 bits per heavy atom. The molecule has 0 aliphatic heterocycles. The van der Waals surface area contributed by atoms with E-state index in [9.17, 15) is 0 Å². The smallest absolute Gasteiger partial charge is 0.180 e. The second kappa shape index (κ2) is 6.90. The van der Waals surface area contributed by atoms with Gasteiger partial charge in [0.15, 0.2) is 5.17 Å². The maximum atomic E-state index is 5.49. The van der Waals surface area contributed by atoms with Crippen LogP contribution in [0.2, 0.25) is 0 Å². The lowest BCUT2D eigenvalue weighted by Gasteiger charge is -2.02. The molecule has 1 aromatic carbocycles. The van der Waals surface area contributed by atoms with E-state index in [2.05, 4.69) is 10.2 Å². The van der Waals surface area contributed by atoms with Gasteiger partial charge in [0.05, 0.1) is 12.8 Å². The molecule has 0 atom stereocenters. The molecule has 86 valence electrons. The minimum absolute atomic E-state index is 0.442. The van der Waals surface area contributed by atoms with E-state index in [0.717, 1.165) is 11.3 Å². The monoisotopic (exact) mass is 237 g/mol. The van der Waals surface area contributed by atoms with Crippen molar-refractivity contribution in [2.75, 3.05) is 12.9 Å². The van der Waals surface area contributed by atoms with Gasteiger partial charge in [-0.15, -0.1) is 5.10 Å². The average Bonchev–Trinajstić information content (AvgIpc) is 2.30. The maximum absolute atomic E-state index is 5.49. The number of nitrogens with zero attached hydrogens (tertiary/aromatic N) is 2. The molecule has 0 saturated heterocycles. The molecule has 1 rings (SSSR count). The molecule has 0 aromatic heterocycles. The summed E-state index contributed by atoms with van der Waals surface area (Å²) >= 11 is 1.36. The molecule has 1 aromatic rings. The Labute approximate surface area is 99.6 Å². The van der Waals surface area contributed by atoms with Gasteiger partial charge in [-0.25, -0.2) is 0 Å². The predicted molar refractivity (Wildman–Crippen MR) is 70.3 cm³/mol. The predicted octanol–water partition coefficient (Wildman–Crippen LogP) is 2.10. The van der Waals surface area contributed by atoms with Gasteiger partial charge >= 0.3 is 0 Å². The van der Waals surface area contributed by atoms with Crippen LogP contribution in [-0.2, 0) is 0 Å². The number of thioether (sulfide) groups is 1. The average molecular weight is 237 g/mol. The van der Waals surface area contributed by atoms with Crippen molar-refractivity contribution in [3.05, 3.63) is 29.8 Å². The molecule has 0 amide bonds. The third kappa shape index (κ3) is 4.35. The van der Waals surface area contributed by atoms with E-state index >= 15 is 0 Å². The van der Waals surface area contributed by atoms with Gasteiger partial charge in [-0.3, -0.25) is 0 Å². The first-order valence-corrected chi connectivity index (χ1v) is 6.12. The highest BCUT2D eigenvalue weighted by Gasteiger charge is 1.93. The lowest BCUT2D eigenvalue weighted by atomic mass is 10.2. The van der Waals surface area contributed by atoms with Crippen LogP contribution in [0.3, 0.4) is 0 Å². The standard InChI is InChI=1S/C11H15N3OS/c1-3-15-10-6-4-5-9(7-10)8-13-14-11(12)16-2/h4-8H,3H2,1-2H3,(H2,12,14)/b13-8-. The summed E-state index contributed by atoms with van der Waals surface area (Å²) in [5.74, 6) is 0.827. The Kier molecular flexibility index (Phi) is 5.42. The normalized spacial score (nSPS) is 12.0. The minimum atomic E-state index is 0.442. The highest BCUT2D eigenvalue weighted by atomic mass is 32.2. The van der Waals surface area contributed by atoms with Gasteiger partial charge in [0.1, 0.15) is 5.75 Å². The fourth-order valence-electron chi connectivity index (χ4n) is 1.04. The zero-order valence-electron chi connectivity index (χ0n) is 9.38. The van der Waals surface area contributed by atoms with Crippen LogP contribution in [0, 0.1) is 0 Å². The molecule has 0 heterocycles. The van der Waals surface area contributed by atoms with Crippen LogP contribution in [0.15, 0.2) is 34.5 Å². The Morgan fingerprint density at radius 2 is 2.38 bits per heavy atom. The second-order valence-corrected chi connectivity index (χ2v) is 3.72. The number of ether oxygens (including phenoxy) is 1. The molecule has 0 fully saturated rings. The van der Waals surface area contributed by atoms with Gasteiger partial charge in [0.25, 0.3) is 0 Å². The van der Waals surface area contributed by atoms with E-state index in [4.69, 9.17) is 10.5 Å². The van der Waals surface area contributed by atoms with Gasteiger partial charge < -0.3 is 10.5 Å². The van der Waals surface area contributed by atoms with Crippen LogP contribution in [0.5, 0.6) is 5.75 Å². The molecule has 0 saturated carbocycles. The molecule has 4 nitrogen and oxygen atoms in total. The first-order chi connectivity index (χ1) is 7.76. The molecule has 0 spiro atoms.